The molecule has 0 saturated carbocycles. The van der Waals surface area contributed by atoms with Crippen LogP contribution < -0.4 is 4.74 Å². The van der Waals surface area contributed by atoms with Crippen LogP contribution in [0.15, 0.2) is 24.3 Å². The van der Waals surface area contributed by atoms with Crippen molar-refractivity contribution in [1.82, 2.24) is 9.80 Å². The maximum Gasteiger partial charge on any atom is 0.410 e. The van der Waals surface area contributed by atoms with E-state index in [1.807, 2.05) is 63.8 Å². The summed E-state index contributed by atoms with van der Waals surface area (Å²) in [6, 6.07) is 7.85. The van der Waals surface area contributed by atoms with Crippen LogP contribution in [-0.2, 0) is 16.1 Å². The van der Waals surface area contributed by atoms with Crippen LogP contribution >= 0.6 is 0 Å². The van der Waals surface area contributed by atoms with E-state index in [4.69, 9.17) is 9.47 Å². The van der Waals surface area contributed by atoms with Crippen molar-refractivity contribution in [3.05, 3.63) is 29.8 Å². The van der Waals surface area contributed by atoms with E-state index < -0.39 is 5.60 Å². The van der Waals surface area contributed by atoms with E-state index in [2.05, 4.69) is 0 Å². The van der Waals surface area contributed by atoms with Gasteiger partial charge in [-0.1, -0.05) is 12.1 Å². The fraction of sp³-hybridized carbons (Fsp3) is 0.636. The molecular weight excluding hydrogens is 356 g/mol. The third kappa shape index (κ3) is 6.14. The van der Waals surface area contributed by atoms with Gasteiger partial charge in [0.25, 0.3) is 0 Å². The highest BCUT2D eigenvalue weighted by Crippen LogP contribution is 2.23. The lowest BCUT2D eigenvalue weighted by atomic mass is 9.96. The minimum atomic E-state index is -0.535. The van der Waals surface area contributed by atoms with E-state index in [-0.39, 0.29) is 24.0 Å². The third-order valence-electron chi connectivity index (χ3n) is 4.84. The Morgan fingerprint density at radius 3 is 2.39 bits per heavy atom. The molecule has 0 spiro atoms. The summed E-state index contributed by atoms with van der Waals surface area (Å²) in [5, 5.41) is 0. The van der Waals surface area contributed by atoms with Gasteiger partial charge >= 0.3 is 6.09 Å². The van der Waals surface area contributed by atoms with Crippen LogP contribution in [-0.4, -0.2) is 53.6 Å². The van der Waals surface area contributed by atoms with E-state index in [1.165, 1.54) is 0 Å². The van der Waals surface area contributed by atoms with Crippen molar-refractivity contribution in [1.29, 1.82) is 0 Å². The standard InChI is InChI=1S/C22H34N2O4/c1-16(2)24(14-17-9-11-19(27-6)12-10-17)20(25)18-8-7-13-23(15-18)21(26)28-22(3,4)5/h9-12,16,18H,7-8,13-15H2,1-6H3/t18-/m1/s1. The van der Waals surface area contributed by atoms with Crippen LogP contribution in [0.1, 0.15) is 53.0 Å². The fourth-order valence-electron chi connectivity index (χ4n) is 3.35. The first kappa shape index (κ1) is 22.1. The molecule has 0 aromatic heterocycles. The van der Waals surface area contributed by atoms with E-state index in [9.17, 15) is 9.59 Å². The van der Waals surface area contributed by atoms with Gasteiger partial charge in [-0.2, -0.15) is 0 Å². The van der Waals surface area contributed by atoms with Crippen molar-refractivity contribution < 1.29 is 19.1 Å². The summed E-state index contributed by atoms with van der Waals surface area (Å²) < 4.78 is 10.7. The predicted molar refractivity (Wildman–Crippen MR) is 109 cm³/mol. The number of likely N-dealkylation sites (tertiary alicyclic amines) is 1. The lowest BCUT2D eigenvalue weighted by molar-refractivity contribution is -0.139. The quantitative estimate of drug-likeness (QED) is 0.760. The van der Waals surface area contributed by atoms with Crippen molar-refractivity contribution in [2.24, 2.45) is 5.92 Å². The molecule has 1 aliphatic heterocycles. The van der Waals surface area contributed by atoms with Crippen molar-refractivity contribution in [3.63, 3.8) is 0 Å². The van der Waals surface area contributed by atoms with Crippen molar-refractivity contribution in [2.45, 2.75) is 65.6 Å². The second-order valence-corrected chi connectivity index (χ2v) is 8.67. The van der Waals surface area contributed by atoms with Crippen molar-refractivity contribution in [2.75, 3.05) is 20.2 Å². The molecule has 0 bridgehead atoms. The number of rotatable bonds is 5. The van der Waals surface area contributed by atoms with Gasteiger partial charge in [0.2, 0.25) is 5.91 Å². The van der Waals surface area contributed by atoms with Crippen LogP contribution in [0.3, 0.4) is 0 Å². The number of carbonyl (C=O) groups excluding carboxylic acids is 2. The summed E-state index contributed by atoms with van der Waals surface area (Å²) in [7, 11) is 1.64. The lowest BCUT2D eigenvalue weighted by Gasteiger charge is -2.37. The molecule has 2 rings (SSSR count). The minimum absolute atomic E-state index is 0.0755. The van der Waals surface area contributed by atoms with E-state index in [0.29, 0.717) is 19.6 Å². The first-order chi connectivity index (χ1) is 13.1. The SMILES string of the molecule is COc1ccc(CN(C(=O)[C@@H]2CCCN(C(=O)OC(C)(C)C)C2)C(C)C)cc1. The topological polar surface area (TPSA) is 59.1 Å². The van der Waals surface area contributed by atoms with E-state index in [0.717, 1.165) is 24.2 Å². The van der Waals surface area contributed by atoms with Crippen LogP contribution in [0, 0.1) is 5.92 Å². The van der Waals surface area contributed by atoms with Gasteiger partial charge in [-0.25, -0.2) is 4.79 Å². The third-order valence-corrected chi connectivity index (χ3v) is 4.84. The Bertz CT molecular complexity index is 664. The maximum absolute atomic E-state index is 13.2. The highest BCUT2D eigenvalue weighted by molar-refractivity contribution is 5.80. The average molecular weight is 391 g/mol. The van der Waals surface area contributed by atoms with Crippen molar-refractivity contribution >= 4 is 12.0 Å². The van der Waals surface area contributed by atoms with Crippen LogP contribution in [0.25, 0.3) is 0 Å². The summed E-state index contributed by atoms with van der Waals surface area (Å²) in [5.41, 5.74) is 0.523. The summed E-state index contributed by atoms with van der Waals surface area (Å²) in [6.45, 7) is 11.2. The predicted octanol–water partition coefficient (Wildman–Crippen LogP) is 4.08. The Labute approximate surface area is 168 Å². The van der Waals surface area contributed by atoms with E-state index >= 15 is 0 Å². The highest BCUT2D eigenvalue weighted by atomic mass is 16.6. The molecule has 0 unspecified atom stereocenters. The molecular formula is C22H34N2O4. The first-order valence-electron chi connectivity index (χ1n) is 10.0. The van der Waals surface area contributed by atoms with Crippen LogP contribution in [0.5, 0.6) is 5.75 Å². The Balaban J connectivity index is 2.05. The van der Waals surface area contributed by atoms with Gasteiger partial charge in [0, 0.05) is 25.7 Å². The number of nitrogens with zero attached hydrogens (tertiary/aromatic N) is 2. The summed E-state index contributed by atoms with van der Waals surface area (Å²) >= 11 is 0. The molecule has 1 aliphatic rings. The smallest absolute Gasteiger partial charge is 0.410 e. The van der Waals surface area contributed by atoms with E-state index in [1.54, 1.807) is 12.0 Å². The van der Waals surface area contributed by atoms with Crippen molar-refractivity contribution in [3.8, 4) is 5.75 Å². The second kappa shape index (κ2) is 9.30. The number of methoxy groups -OCH3 is 1. The molecule has 156 valence electrons. The number of amides is 2. The van der Waals surface area contributed by atoms with Crippen LogP contribution in [0.2, 0.25) is 0 Å². The Morgan fingerprint density at radius 1 is 1.21 bits per heavy atom. The molecule has 28 heavy (non-hydrogen) atoms. The molecule has 0 aliphatic carbocycles. The average Bonchev–Trinajstić information content (AvgIpc) is 2.64. The maximum atomic E-state index is 13.2. The molecule has 0 radical (unpaired) electrons. The molecule has 2 amide bonds. The molecule has 6 heteroatoms. The van der Waals surface area contributed by atoms with Gasteiger partial charge in [-0.15, -0.1) is 0 Å². The highest BCUT2D eigenvalue weighted by Gasteiger charge is 2.33. The van der Waals surface area contributed by atoms with Gasteiger partial charge in [-0.3, -0.25) is 4.79 Å². The van der Waals surface area contributed by atoms with Gasteiger partial charge in [0.1, 0.15) is 11.4 Å². The Kier molecular flexibility index (Phi) is 7.33. The largest absolute Gasteiger partial charge is 0.497 e. The lowest BCUT2D eigenvalue weighted by Crippen LogP contribution is -2.49. The summed E-state index contributed by atoms with van der Waals surface area (Å²) in [5.74, 6) is 0.701. The molecule has 1 atom stereocenters. The molecule has 1 aromatic carbocycles. The number of carbonyl (C=O) groups is 2. The first-order valence-corrected chi connectivity index (χ1v) is 10.0. The Morgan fingerprint density at radius 2 is 1.86 bits per heavy atom. The molecule has 1 fully saturated rings. The molecule has 0 N–H and O–H groups in total. The van der Waals surface area contributed by atoms with Gasteiger partial charge < -0.3 is 19.3 Å². The van der Waals surface area contributed by atoms with Gasteiger partial charge in [0.15, 0.2) is 0 Å². The molecule has 1 saturated heterocycles. The van der Waals surface area contributed by atoms with Gasteiger partial charge in [-0.05, 0) is 65.2 Å². The number of hydrogen-bond donors (Lipinski definition) is 0. The second-order valence-electron chi connectivity index (χ2n) is 8.67. The molecule has 1 heterocycles. The number of hydrogen-bond acceptors (Lipinski definition) is 4. The Hall–Kier alpha value is -2.24. The minimum Gasteiger partial charge on any atom is -0.497 e. The summed E-state index contributed by atoms with van der Waals surface area (Å²) in [6.07, 6.45) is 1.27. The zero-order chi connectivity index (χ0) is 20.9. The molecule has 1 aromatic rings. The number of ether oxygens (including phenoxy) is 2. The zero-order valence-electron chi connectivity index (χ0n) is 18.0. The number of benzene rings is 1. The van der Waals surface area contributed by atoms with Gasteiger partial charge in [0.05, 0.1) is 13.0 Å². The molecule has 6 nitrogen and oxygen atoms in total. The number of piperidine rings is 1. The normalized spacial score (nSPS) is 17.4. The summed E-state index contributed by atoms with van der Waals surface area (Å²) in [4.78, 5) is 29.2. The van der Waals surface area contributed by atoms with Crippen LogP contribution in [0.4, 0.5) is 4.79 Å². The zero-order valence-corrected chi connectivity index (χ0v) is 18.0. The monoisotopic (exact) mass is 390 g/mol. The fourth-order valence-corrected chi connectivity index (χ4v) is 3.35.